The van der Waals surface area contributed by atoms with E-state index in [1.165, 1.54) is 12.1 Å². The summed E-state index contributed by atoms with van der Waals surface area (Å²) < 4.78 is 20.7. The number of anilines is 2. The molecule has 0 bridgehead atoms. The molecule has 0 saturated carbocycles. The van der Waals surface area contributed by atoms with E-state index < -0.39 is 0 Å². The second kappa shape index (κ2) is 6.47. The summed E-state index contributed by atoms with van der Waals surface area (Å²) in [5, 5.41) is 3.26. The van der Waals surface area contributed by atoms with Crippen molar-refractivity contribution in [1.29, 1.82) is 0 Å². The molecule has 0 atom stereocenters. The van der Waals surface area contributed by atoms with Gasteiger partial charge in [-0.15, -0.1) is 0 Å². The van der Waals surface area contributed by atoms with Crippen molar-refractivity contribution in [3.05, 3.63) is 35.9 Å². The molecule has 0 spiro atoms. The lowest BCUT2D eigenvalue weighted by molar-refractivity contribution is 0.339. The molecular formula is C15H21FN4O. The van der Waals surface area contributed by atoms with Crippen molar-refractivity contribution in [2.45, 2.75) is 13.5 Å². The second-order valence-electron chi connectivity index (χ2n) is 4.93. The summed E-state index contributed by atoms with van der Waals surface area (Å²) in [6.45, 7) is 2.96. The standard InChI is InChI=1S/C15H21FN4O/c1-5-21-14-8-11(16)6-7-13(14)17-9-12-10-18-15(19(2)3)20(12)4/h6-8,10,17H,5,9H2,1-4H3. The van der Waals surface area contributed by atoms with Crippen molar-refractivity contribution in [2.75, 3.05) is 30.9 Å². The highest BCUT2D eigenvalue weighted by molar-refractivity contribution is 5.56. The van der Waals surface area contributed by atoms with Crippen LogP contribution >= 0.6 is 0 Å². The van der Waals surface area contributed by atoms with Gasteiger partial charge in [0.25, 0.3) is 0 Å². The van der Waals surface area contributed by atoms with Crippen LogP contribution in [-0.2, 0) is 13.6 Å². The molecule has 1 heterocycles. The number of hydrogen-bond donors (Lipinski definition) is 1. The van der Waals surface area contributed by atoms with Crippen molar-refractivity contribution in [3.8, 4) is 5.75 Å². The van der Waals surface area contributed by atoms with Gasteiger partial charge in [-0.05, 0) is 19.1 Å². The van der Waals surface area contributed by atoms with Crippen LogP contribution in [0.1, 0.15) is 12.6 Å². The average Bonchev–Trinajstić information content (AvgIpc) is 2.80. The Morgan fingerprint density at radius 3 is 2.76 bits per heavy atom. The summed E-state index contributed by atoms with van der Waals surface area (Å²) in [6, 6.07) is 4.49. The summed E-state index contributed by atoms with van der Waals surface area (Å²) in [7, 11) is 5.87. The van der Waals surface area contributed by atoms with Gasteiger partial charge in [-0.25, -0.2) is 9.37 Å². The van der Waals surface area contributed by atoms with Crippen LogP contribution in [0.4, 0.5) is 16.0 Å². The molecule has 2 aromatic rings. The lowest BCUT2D eigenvalue weighted by Crippen LogP contribution is -2.15. The van der Waals surface area contributed by atoms with Gasteiger partial charge < -0.3 is 19.5 Å². The Balaban J connectivity index is 2.13. The highest BCUT2D eigenvalue weighted by Crippen LogP contribution is 2.26. The number of hydrogen-bond acceptors (Lipinski definition) is 4. The van der Waals surface area contributed by atoms with Gasteiger partial charge in [-0.3, -0.25) is 0 Å². The molecule has 6 heteroatoms. The zero-order valence-electron chi connectivity index (χ0n) is 12.9. The van der Waals surface area contributed by atoms with Crippen LogP contribution in [0.5, 0.6) is 5.75 Å². The van der Waals surface area contributed by atoms with Crippen LogP contribution in [0.15, 0.2) is 24.4 Å². The summed E-state index contributed by atoms with van der Waals surface area (Å²) in [4.78, 5) is 6.31. The van der Waals surface area contributed by atoms with Crippen LogP contribution in [0.2, 0.25) is 0 Å². The normalized spacial score (nSPS) is 10.5. The molecule has 0 fully saturated rings. The van der Waals surface area contributed by atoms with Crippen molar-refractivity contribution in [3.63, 3.8) is 0 Å². The second-order valence-corrected chi connectivity index (χ2v) is 4.93. The number of nitrogens with zero attached hydrogens (tertiary/aromatic N) is 3. The summed E-state index contributed by atoms with van der Waals surface area (Å²) in [5.41, 5.74) is 1.80. The third-order valence-corrected chi connectivity index (χ3v) is 3.16. The molecule has 5 nitrogen and oxygen atoms in total. The van der Waals surface area contributed by atoms with E-state index in [-0.39, 0.29) is 5.82 Å². The number of nitrogens with one attached hydrogen (secondary N) is 1. The van der Waals surface area contributed by atoms with E-state index in [0.717, 1.165) is 17.3 Å². The Morgan fingerprint density at radius 1 is 1.38 bits per heavy atom. The van der Waals surface area contributed by atoms with E-state index in [0.29, 0.717) is 18.9 Å². The molecule has 1 aromatic heterocycles. The molecule has 0 amide bonds. The average molecular weight is 292 g/mol. The largest absolute Gasteiger partial charge is 0.492 e. The first-order valence-electron chi connectivity index (χ1n) is 6.87. The van der Waals surface area contributed by atoms with Gasteiger partial charge in [0.2, 0.25) is 5.95 Å². The third kappa shape index (κ3) is 3.45. The van der Waals surface area contributed by atoms with Gasteiger partial charge in [0, 0.05) is 27.2 Å². The number of benzene rings is 1. The van der Waals surface area contributed by atoms with Crippen molar-refractivity contribution >= 4 is 11.6 Å². The first-order chi connectivity index (χ1) is 10.0. The van der Waals surface area contributed by atoms with Crippen molar-refractivity contribution in [2.24, 2.45) is 7.05 Å². The van der Waals surface area contributed by atoms with Gasteiger partial charge in [-0.1, -0.05) is 0 Å². The van der Waals surface area contributed by atoms with Crippen molar-refractivity contribution in [1.82, 2.24) is 9.55 Å². The minimum absolute atomic E-state index is 0.306. The fourth-order valence-corrected chi connectivity index (χ4v) is 2.12. The number of imidazole rings is 1. The maximum Gasteiger partial charge on any atom is 0.204 e. The molecule has 0 radical (unpaired) electrons. The number of rotatable bonds is 6. The first-order valence-corrected chi connectivity index (χ1v) is 6.87. The third-order valence-electron chi connectivity index (χ3n) is 3.16. The van der Waals surface area contributed by atoms with Gasteiger partial charge in [0.1, 0.15) is 11.6 Å². The summed E-state index contributed by atoms with van der Waals surface area (Å²) >= 11 is 0. The summed E-state index contributed by atoms with van der Waals surface area (Å²) in [5.74, 6) is 1.10. The predicted molar refractivity (Wildman–Crippen MR) is 82.4 cm³/mol. The molecule has 0 aliphatic heterocycles. The highest BCUT2D eigenvalue weighted by Gasteiger charge is 2.09. The molecule has 1 N–H and O–H groups in total. The van der Waals surface area contributed by atoms with Gasteiger partial charge in [-0.2, -0.15) is 0 Å². The molecular weight excluding hydrogens is 271 g/mol. The molecule has 0 unspecified atom stereocenters. The van der Waals surface area contributed by atoms with Crippen LogP contribution in [-0.4, -0.2) is 30.3 Å². The maximum absolute atomic E-state index is 13.3. The Bertz CT molecular complexity index is 610. The molecule has 114 valence electrons. The van der Waals surface area contributed by atoms with E-state index >= 15 is 0 Å². The Labute approximate surface area is 124 Å². The van der Waals surface area contributed by atoms with Crippen LogP contribution in [0.25, 0.3) is 0 Å². The molecule has 21 heavy (non-hydrogen) atoms. The monoisotopic (exact) mass is 292 g/mol. The quantitative estimate of drug-likeness (QED) is 0.889. The molecule has 0 saturated heterocycles. The van der Waals surface area contributed by atoms with Crippen LogP contribution < -0.4 is 15.0 Å². The highest BCUT2D eigenvalue weighted by atomic mass is 19.1. The van der Waals surface area contributed by atoms with E-state index in [9.17, 15) is 4.39 Å². The van der Waals surface area contributed by atoms with Crippen LogP contribution in [0, 0.1) is 5.82 Å². The smallest absolute Gasteiger partial charge is 0.204 e. The fraction of sp³-hybridized carbons (Fsp3) is 0.400. The van der Waals surface area contributed by atoms with E-state index in [1.807, 2.05) is 43.7 Å². The minimum Gasteiger partial charge on any atom is -0.492 e. The van der Waals surface area contributed by atoms with Gasteiger partial charge in [0.15, 0.2) is 0 Å². The van der Waals surface area contributed by atoms with Crippen molar-refractivity contribution < 1.29 is 9.13 Å². The topological polar surface area (TPSA) is 42.3 Å². The van der Waals surface area contributed by atoms with Gasteiger partial charge >= 0.3 is 0 Å². The fourth-order valence-electron chi connectivity index (χ4n) is 2.12. The van der Waals surface area contributed by atoms with E-state index in [2.05, 4.69) is 10.3 Å². The zero-order valence-corrected chi connectivity index (χ0v) is 12.9. The molecule has 2 rings (SSSR count). The number of ether oxygens (including phenoxy) is 1. The first kappa shape index (κ1) is 15.2. The predicted octanol–water partition coefficient (Wildman–Crippen LogP) is 2.64. The lowest BCUT2D eigenvalue weighted by Gasteiger charge is -2.14. The van der Waals surface area contributed by atoms with Gasteiger partial charge in [0.05, 0.1) is 30.7 Å². The minimum atomic E-state index is -0.306. The number of aromatic nitrogens is 2. The van der Waals surface area contributed by atoms with E-state index in [1.54, 1.807) is 6.07 Å². The van der Waals surface area contributed by atoms with Crippen LogP contribution in [0.3, 0.4) is 0 Å². The molecule has 0 aliphatic rings. The maximum atomic E-state index is 13.3. The number of halogens is 1. The Hall–Kier alpha value is -2.24. The Morgan fingerprint density at radius 2 is 2.14 bits per heavy atom. The molecule has 0 aliphatic carbocycles. The molecule has 1 aromatic carbocycles. The summed E-state index contributed by atoms with van der Waals surface area (Å²) in [6.07, 6.45) is 1.83. The Kier molecular flexibility index (Phi) is 4.67. The lowest BCUT2D eigenvalue weighted by atomic mass is 10.2. The SMILES string of the molecule is CCOc1cc(F)ccc1NCc1cnc(N(C)C)n1C. The zero-order chi connectivity index (χ0) is 15.4. The van der Waals surface area contributed by atoms with E-state index in [4.69, 9.17) is 4.74 Å².